The highest BCUT2D eigenvalue weighted by Crippen LogP contribution is 2.01. The van der Waals surface area contributed by atoms with Gasteiger partial charge < -0.3 is 10.1 Å². The highest BCUT2D eigenvalue weighted by molar-refractivity contribution is 6.00. The maximum absolute atomic E-state index is 11.8. The first kappa shape index (κ1) is 13.0. The summed E-state index contributed by atoms with van der Waals surface area (Å²) in [5, 5.41) is 2.52. The van der Waals surface area contributed by atoms with E-state index in [0.29, 0.717) is 5.56 Å². The van der Waals surface area contributed by atoms with E-state index in [1.807, 2.05) is 6.07 Å². The van der Waals surface area contributed by atoms with Crippen molar-refractivity contribution in [2.45, 2.75) is 13.8 Å². The predicted molar refractivity (Wildman–Crippen MR) is 64.3 cm³/mol. The number of rotatable bonds is 4. The molecule has 0 aromatic heterocycles. The average Bonchev–Trinajstić information content (AvgIpc) is 2.37. The van der Waals surface area contributed by atoms with Gasteiger partial charge in [0.05, 0.1) is 6.61 Å². The molecule has 1 rings (SSSR count). The fraction of sp³-hybridized carbons (Fsp3) is 0.231. The Morgan fingerprint density at radius 3 is 2.47 bits per heavy atom. The lowest BCUT2D eigenvalue weighted by molar-refractivity contribution is -0.138. The van der Waals surface area contributed by atoms with Crippen LogP contribution in [0.5, 0.6) is 0 Å². The van der Waals surface area contributed by atoms with E-state index in [4.69, 9.17) is 4.74 Å². The Morgan fingerprint density at radius 1 is 1.29 bits per heavy atom. The normalized spacial score (nSPS) is 10.8. The van der Waals surface area contributed by atoms with Crippen LogP contribution in [0.15, 0.2) is 42.1 Å². The van der Waals surface area contributed by atoms with Crippen LogP contribution in [0, 0.1) is 0 Å². The van der Waals surface area contributed by atoms with Crippen LogP contribution >= 0.6 is 0 Å². The topological polar surface area (TPSA) is 55.4 Å². The largest absolute Gasteiger partial charge is 0.461 e. The summed E-state index contributed by atoms with van der Waals surface area (Å²) in [7, 11) is 0. The van der Waals surface area contributed by atoms with Gasteiger partial charge in [-0.15, -0.1) is 0 Å². The van der Waals surface area contributed by atoms with Crippen LogP contribution in [0.3, 0.4) is 0 Å². The molecule has 0 aliphatic rings. The number of allylic oxidation sites excluding steroid dienone is 1. The quantitative estimate of drug-likeness (QED) is 0.638. The standard InChI is InChI=1S/C13H15NO3/c1-3-11(13(16)17-4-2)14-12(15)10-8-6-5-7-9-10/h3,5-9H,4H2,1-2H3,(H,14,15)/b11-3+. The molecule has 4 nitrogen and oxygen atoms in total. The second kappa shape index (κ2) is 6.48. The Morgan fingerprint density at radius 2 is 1.94 bits per heavy atom. The molecule has 90 valence electrons. The van der Waals surface area contributed by atoms with Gasteiger partial charge in [-0.25, -0.2) is 4.79 Å². The van der Waals surface area contributed by atoms with Gasteiger partial charge in [0.2, 0.25) is 0 Å². The number of ether oxygens (including phenoxy) is 1. The molecule has 0 unspecified atom stereocenters. The first-order valence-corrected chi connectivity index (χ1v) is 5.38. The van der Waals surface area contributed by atoms with Crippen molar-refractivity contribution in [1.82, 2.24) is 5.32 Å². The molecule has 0 bridgehead atoms. The van der Waals surface area contributed by atoms with Crippen molar-refractivity contribution in [3.8, 4) is 0 Å². The van der Waals surface area contributed by atoms with Crippen molar-refractivity contribution < 1.29 is 14.3 Å². The van der Waals surface area contributed by atoms with Crippen molar-refractivity contribution in [2.24, 2.45) is 0 Å². The number of esters is 1. The second-order valence-corrected chi connectivity index (χ2v) is 3.24. The number of carbonyl (C=O) groups is 2. The van der Waals surface area contributed by atoms with Gasteiger partial charge in [0.15, 0.2) is 0 Å². The molecule has 1 aromatic carbocycles. The lowest BCUT2D eigenvalue weighted by atomic mass is 10.2. The predicted octanol–water partition coefficient (Wildman–Crippen LogP) is 1.88. The maximum atomic E-state index is 11.8. The van der Waals surface area contributed by atoms with Crippen LogP contribution in [-0.2, 0) is 9.53 Å². The molecule has 0 saturated carbocycles. The molecule has 0 radical (unpaired) electrons. The highest BCUT2D eigenvalue weighted by atomic mass is 16.5. The molecule has 0 spiro atoms. The summed E-state index contributed by atoms with van der Waals surface area (Å²) in [6.45, 7) is 3.65. The molecule has 0 atom stereocenters. The molecule has 0 heterocycles. The molecule has 17 heavy (non-hydrogen) atoms. The van der Waals surface area contributed by atoms with Gasteiger partial charge in [-0.2, -0.15) is 0 Å². The third-order valence-electron chi connectivity index (χ3n) is 2.07. The third kappa shape index (κ3) is 3.75. The zero-order valence-electron chi connectivity index (χ0n) is 9.90. The van der Waals surface area contributed by atoms with Crippen molar-refractivity contribution in [3.63, 3.8) is 0 Å². The summed E-state index contributed by atoms with van der Waals surface area (Å²) in [6, 6.07) is 8.68. The molecule has 0 saturated heterocycles. The van der Waals surface area contributed by atoms with Gasteiger partial charge in [0, 0.05) is 5.56 Å². The van der Waals surface area contributed by atoms with E-state index in [1.165, 1.54) is 6.08 Å². The van der Waals surface area contributed by atoms with Crippen LogP contribution in [0.4, 0.5) is 0 Å². The van der Waals surface area contributed by atoms with Gasteiger partial charge in [-0.3, -0.25) is 4.79 Å². The Bertz CT molecular complexity index is 424. The van der Waals surface area contributed by atoms with Crippen LogP contribution in [-0.4, -0.2) is 18.5 Å². The van der Waals surface area contributed by atoms with Crippen LogP contribution < -0.4 is 5.32 Å². The number of hydrogen-bond acceptors (Lipinski definition) is 3. The van der Waals surface area contributed by atoms with E-state index in [-0.39, 0.29) is 18.2 Å². The highest BCUT2D eigenvalue weighted by Gasteiger charge is 2.13. The maximum Gasteiger partial charge on any atom is 0.354 e. The first-order valence-electron chi connectivity index (χ1n) is 5.38. The van der Waals surface area contributed by atoms with Crippen LogP contribution in [0.25, 0.3) is 0 Å². The molecular weight excluding hydrogens is 218 g/mol. The van der Waals surface area contributed by atoms with E-state index >= 15 is 0 Å². The monoisotopic (exact) mass is 233 g/mol. The number of amides is 1. The molecular formula is C13H15NO3. The number of carbonyl (C=O) groups excluding carboxylic acids is 2. The molecule has 1 N–H and O–H groups in total. The Hall–Kier alpha value is -2.10. The molecule has 1 aromatic rings. The third-order valence-corrected chi connectivity index (χ3v) is 2.07. The molecule has 4 heteroatoms. The van der Waals surface area contributed by atoms with Gasteiger partial charge in [-0.1, -0.05) is 24.3 Å². The summed E-state index contributed by atoms with van der Waals surface area (Å²) in [5.41, 5.74) is 0.650. The van der Waals surface area contributed by atoms with Gasteiger partial charge in [0.1, 0.15) is 5.70 Å². The summed E-state index contributed by atoms with van der Waals surface area (Å²) in [4.78, 5) is 23.2. The first-order chi connectivity index (χ1) is 8.19. The molecule has 1 amide bonds. The van der Waals surface area contributed by atoms with E-state index in [2.05, 4.69) is 5.32 Å². The fourth-order valence-electron chi connectivity index (χ4n) is 1.23. The summed E-state index contributed by atoms with van der Waals surface area (Å²) in [6.07, 6.45) is 1.51. The van der Waals surface area contributed by atoms with Crippen molar-refractivity contribution in [1.29, 1.82) is 0 Å². The molecule has 0 aliphatic heterocycles. The summed E-state index contributed by atoms with van der Waals surface area (Å²) >= 11 is 0. The average molecular weight is 233 g/mol. The van der Waals surface area contributed by atoms with Gasteiger partial charge >= 0.3 is 5.97 Å². The minimum Gasteiger partial charge on any atom is -0.461 e. The van der Waals surface area contributed by atoms with Crippen molar-refractivity contribution >= 4 is 11.9 Å². The lowest BCUT2D eigenvalue weighted by Gasteiger charge is -2.08. The van der Waals surface area contributed by atoms with E-state index in [9.17, 15) is 9.59 Å². The summed E-state index contributed by atoms with van der Waals surface area (Å²) in [5.74, 6) is -0.856. The molecule has 0 fully saturated rings. The van der Waals surface area contributed by atoms with Crippen molar-refractivity contribution in [2.75, 3.05) is 6.61 Å². The minimum absolute atomic E-state index is 0.153. The van der Waals surface area contributed by atoms with Crippen molar-refractivity contribution in [3.05, 3.63) is 47.7 Å². The van der Waals surface area contributed by atoms with E-state index < -0.39 is 5.97 Å². The van der Waals surface area contributed by atoms with E-state index in [0.717, 1.165) is 0 Å². The number of benzene rings is 1. The summed E-state index contributed by atoms with van der Waals surface area (Å²) < 4.78 is 4.81. The Kier molecular flexibility index (Phi) is 4.94. The lowest BCUT2D eigenvalue weighted by Crippen LogP contribution is -2.28. The SMILES string of the molecule is C/C=C(/NC(=O)c1ccccc1)C(=O)OCC. The molecule has 0 aliphatic carbocycles. The minimum atomic E-state index is -0.528. The zero-order chi connectivity index (χ0) is 12.7. The van der Waals surface area contributed by atoms with Gasteiger partial charge in [0.25, 0.3) is 5.91 Å². The number of hydrogen-bond donors (Lipinski definition) is 1. The van der Waals surface area contributed by atoms with Crippen LogP contribution in [0.1, 0.15) is 24.2 Å². The van der Waals surface area contributed by atoms with E-state index in [1.54, 1.807) is 38.1 Å². The van der Waals surface area contributed by atoms with Gasteiger partial charge in [-0.05, 0) is 26.0 Å². The smallest absolute Gasteiger partial charge is 0.354 e. The zero-order valence-corrected chi connectivity index (χ0v) is 9.90. The fourth-order valence-corrected chi connectivity index (χ4v) is 1.23. The second-order valence-electron chi connectivity index (χ2n) is 3.24. The Labute approximate surface area is 100 Å². The van der Waals surface area contributed by atoms with Crippen LogP contribution in [0.2, 0.25) is 0 Å². The number of nitrogens with one attached hydrogen (secondary N) is 1. The Balaban J connectivity index is 2.71.